The van der Waals surface area contributed by atoms with Crippen LogP contribution in [0.3, 0.4) is 0 Å². The summed E-state index contributed by atoms with van der Waals surface area (Å²) in [5.74, 6) is -1.21. The predicted octanol–water partition coefficient (Wildman–Crippen LogP) is 9.39. The van der Waals surface area contributed by atoms with Crippen LogP contribution in [-0.2, 0) is 41.8 Å². The highest BCUT2D eigenvalue weighted by atomic mass is 31.2. The smallest absolute Gasteiger partial charge is 0.462 e. The van der Waals surface area contributed by atoms with E-state index in [0.29, 0.717) is 38.5 Å². The zero-order chi connectivity index (χ0) is 45.5. The molecule has 0 amide bonds. The Balaban J connectivity index is 4.70. The van der Waals surface area contributed by atoms with Crippen LogP contribution in [0.5, 0.6) is 0 Å². The molecule has 0 fully saturated rings. The zero-order valence-corrected chi connectivity index (χ0v) is 38.8. The van der Waals surface area contributed by atoms with Crippen LogP contribution in [0.25, 0.3) is 0 Å². The van der Waals surface area contributed by atoms with Gasteiger partial charge in [-0.05, 0) is 70.6 Å². The van der Waals surface area contributed by atoms with Gasteiger partial charge in [-0.3, -0.25) is 23.2 Å². The van der Waals surface area contributed by atoms with E-state index in [1.54, 1.807) is 0 Å². The van der Waals surface area contributed by atoms with E-state index in [1.807, 2.05) is 24.3 Å². The number of aliphatic hydroxyl groups excluding tert-OH is 3. The quantitative estimate of drug-likeness (QED) is 0.0145. The molecule has 0 radical (unpaired) electrons. The van der Waals surface area contributed by atoms with Crippen LogP contribution in [-0.4, -0.2) is 92.8 Å². The number of aliphatic hydroxyl groups is 3. The average molecular weight is 911 g/mol. The van der Waals surface area contributed by atoms with E-state index in [9.17, 15) is 38.9 Å². The summed E-state index contributed by atoms with van der Waals surface area (Å²) in [4.78, 5) is 52.7. The lowest BCUT2D eigenvalue weighted by atomic mass is 10.0. The van der Waals surface area contributed by atoms with Crippen LogP contribution in [0.15, 0.2) is 48.6 Å². The maximum Gasteiger partial charge on any atom is 0.472 e. The molecule has 17 heteroatoms. The fourth-order valence-electron chi connectivity index (χ4n) is 5.80. The van der Waals surface area contributed by atoms with Gasteiger partial charge in [0.1, 0.15) is 12.7 Å². The Kier molecular flexibility index (Phi) is 38.3. The Bertz CT molecular complexity index is 1300. The van der Waals surface area contributed by atoms with Crippen molar-refractivity contribution in [3.05, 3.63) is 48.6 Å². The summed E-state index contributed by atoms with van der Waals surface area (Å²) in [5, 5.41) is 30.2. The van der Waals surface area contributed by atoms with Gasteiger partial charge in [0.15, 0.2) is 6.10 Å². The molecule has 0 aromatic carbocycles. The molecule has 6 N–H and O–H groups in total. The molecular formula is C44H80O15P2. The molecule has 0 heterocycles. The first-order valence-corrected chi connectivity index (χ1v) is 25.5. The van der Waals surface area contributed by atoms with E-state index in [-0.39, 0.29) is 12.8 Å². The number of hydrogen-bond acceptors (Lipinski definition) is 12. The molecule has 0 aliphatic carbocycles. The molecule has 0 aliphatic heterocycles. The molecule has 356 valence electrons. The minimum atomic E-state index is -4.89. The highest BCUT2D eigenvalue weighted by molar-refractivity contribution is 7.47. The van der Waals surface area contributed by atoms with Crippen LogP contribution < -0.4 is 0 Å². The van der Waals surface area contributed by atoms with Crippen molar-refractivity contribution < 1.29 is 71.8 Å². The first kappa shape index (κ1) is 59.0. The number of hydrogen-bond donors (Lipinski definition) is 6. The number of rotatable bonds is 42. The Morgan fingerprint density at radius 1 is 0.525 bits per heavy atom. The van der Waals surface area contributed by atoms with Crippen LogP contribution in [0, 0.1) is 0 Å². The number of unbranched alkanes of at least 4 members (excludes halogenated alkanes) is 14. The Morgan fingerprint density at radius 2 is 1.02 bits per heavy atom. The van der Waals surface area contributed by atoms with Crippen molar-refractivity contribution in [2.75, 3.05) is 26.4 Å². The SMILES string of the molecule is CCCCC/C=C\C[C@H](O)[C@@H](O)CCCCCCCC(=O)O[C@H](COC(=O)CCC/C=C\C/C=C\C/C=C\CCCCCCCC)COP(=O)(O)OC[C@@H](O)COP(=O)(O)O. The summed E-state index contributed by atoms with van der Waals surface area (Å²) in [6.07, 6.45) is 32.7. The molecule has 5 atom stereocenters. The maximum atomic E-state index is 12.7. The van der Waals surface area contributed by atoms with Gasteiger partial charge < -0.3 is 39.5 Å². The van der Waals surface area contributed by atoms with Crippen molar-refractivity contribution in [1.82, 2.24) is 0 Å². The molecule has 0 aromatic rings. The first-order chi connectivity index (χ1) is 29.2. The van der Waals surface area contributed by atoms with Gasteiger partial charge in [0, 0.05) is 12.8 Å². The van der Waals surface area contributed by atoms with Gasteiger partial charge in [0.2, 0.25) is 0 Å². The molecule has 0 rings (SSSR count). The molecule has 15 nitrogen and oxygen atoms in total. The van der Waals surface area contributed by atoms with Crippen molar-refractivity contribution in [1.29, 1.82) is 0 Å². The number of carbonyl (C=O) groups excluding carboxylic acids is 2. The van der Waals surface area contributed by atoms with Gasteiger partial charge in [-0.2, -0.15) is 0 Å². The number of esters is 2. The minimum absolute atomic E-state index is 0.0207. The summed E-state index contributed by atoms with van der Waals surface area (Å²) < 4.78 is 47.6. The standard InChI is InChI=1S/C44H80O15P2/c1-3-5-7-9-11-12-13-14-15-16-17-18-19-20-21-25-29-33-43(48)55-37-40(38-58-61(53,54)57-36-39(45)35-56-60(50,51)52)59-44(49)34-30-26-22-24-28-32-42(47)41(46)31-27-23-10-8-6-4-2/h14-15,17-18,20-21,23,27,39-42,45-47H,3-13,16,19,22,24-26,28-38H2,1-2H3,(H,53,54)(H2,50,51,52)/b15-14-,18-17-,21-20-,27-23-/t39-,40+,41-,42-/m0/s1. The molecule has 0 saturated heterocycles. The third-order valence-electron chi connectivity index (χ3n) is 9.38. The highest BCUT2D eigenvalue weighted by Crippen LogP contribution is 2.43. The van der Waals surface area contributed by atoms with E-state index < -0.39 is 78.4 Å². The molecular weight excluding hydrogens is 830 g/mol. The van der Waals surface area contributed by atoms with Crippen molar-refractivity contribution in [3.63, 3.8) is 0 Å². The summed E-state index contributed by atoms with van der Waals surface area (Å²) in [5.41, 5.74) is 0. The van der Waals surface area contributed by atoms with E-state index in [1.165, 1.54) is 44.9 Å². The van der Waals surface area contributed by atoms with Crippen molar-refractivity contribution >= 4 is 27.6 Å². The normalized spacial score (nSPS) is 15.5. The molecule has 61 heavy (non-hydrogen) atoms. The second-order valence-electron chi connectivity index (χ2n) is 15.3. The average Bonchev–Trinajstić information content (AvgIpc) is 3.21. The topological polar surface area (TPSA) is 236 Å². The molecule has 0 saturated carbocycles. The van der Waals surface area contributed by atoms with Crippen LogP contribution in [0.1, 0.15) is 168 Å². The van der Waals surface area contributed by atoms with Crippen molar-refractivity contribution in [2.24, 2.45) is 0 Å². The summed E-state index contributed by atoms with van der Waals surface area (Å²) in [6.45, 7) is 1.46. The Labute approximate surface area is 365 Å². The number of allylic oxidation sites excluding steroid dienone is 7. The molecule has 0 aliphatic rings. The molecule has 0 bridgehead atoms. The van der Waals surface area contributed by atoms with Crippen LogP contribution >= 0.6 is 15.6 Å². The third kappa shape index (κ3) is 41.8. The second-order valence-corrected chi connectivity index (χ2v) is 18.0. The van der Waals surface area contributed by atoms with E-state index >= 15 is 0 Å². The second kappa shape index (κ2) is 39.6. The van der Waals surface area contributed by atoms with Crippen molar-refractivity contribution in [2.45, 2.75) is 192 Å². The van der Waals surface area contributed by atoms with Crippen LogP contribution in [0.4, 0.5) is 0 Å². The van der Waals surface area contributed by atoms with Gasteiger partial charge in [-0.25, -0.2) is 9.13 Å². The number of carbonyl (C=O) groups is 2. The molecule has 0 aromatic heterocycles. The predicted molar refractivity (Wildman–Crippen MR) is 237 cm³/mol. The number of ether oxygens (including phenoxy) is 2. The van der Waals surface area contributed by atoms with Gasteiger partial charge in [-0.1, -0.05) is 133 Å². The third-order valence-corrected chi connectivity index (χ3v) is 10.8. The molecule has 0 spiro atoms. The van der Waals surface area contributed by atoms with Gasteiger partial charge in [-0.15, -0.1) is 0 Å². The fourth-order valence-corrected chi connectivity index (χ4v) is 6.95. The lowest BCUT2D eigenvalue weighted by Crippen LogP contribution is -2.30. The molecule has 1 unspecified atom stereocenters. The van der Waals surface area contributed by atoms with Gasteiger partial charge in [0.25, 0.3) is 0 Å². The highest BCUT2D eigenvalue weighted by Gasteiger charge is 2.28. The van der Waals surface area contributed by atoms with E-state index in [4.69, 9.17) is 23.8 Å². The Morgan fingerprint density at radius 3 is 1.67 bits per heavy atom. The van der Waals surface area contributed by atoms with Gasteiger partial charge >= 0.3 is 27.6 Å². The summed E-state index contributed by atoms with van der Waals surface area (Å²) >= 11 is 0. The fraction of sp³-hybridized carbons (Fsp3) is 0.773. The van der Waals surface area contributed by atoms with E-state index in [0.717, 1.165) is 57.8 Å². The first-order valence-electron chi connectivity index (χ1n) is 22.5. The zero-order valence-electron chi connectivity index (χ0n) is 37.0. The number of phosphoric acid groups is 2. The number of phosphoric ester groups is 2. The van der Waals surface area contributed by atoms with E-state index in [2.05, 4.69) is 47.2 Å². The largest absolute Gasteiger partial charge is 0.472 e. The summed E-state index contributed by atoms with van der Waals surface area (Å²) in [7, 11) is -9.75. The van der Waals surface area contributed by atoms with Crippen molar-refractivity contribution in [3.8, 4) is 0 Å². The lowest BCUT2D eigenvalue weighted by molar-refractivity contribution is -0.161. The monoisotopic (exact) mass is 910 g/mol. The lowest BCUT2D eigenvalue weighted by Gasteiger charge is -2.20. The Hall–Kier alpha value is -2.00. The van der Waals surface area contributed by atoms with Crippen LogP contribution in [0.2, 0.25) is 0 Å². The minimum Gasteiger partial charge on any atom is -0.462 e. The maximum absolute atomic E-state index is 12.7. The summed E-state index contributed by atoms with van der Waals surface area (Å²) in [6, 6.07) is 0. The van der Waals surface area contributed by atoms with Gasteiger partial charge in [0.05, 0.1) is 32.0 Å².